The number of rotatable bonds is 9. The molecule has 4 rings (SSSR count). The van der Waals surface area contributed by atoms with Crippen LogP contribution in [0.4, 0.5) is 5.69 Å². The van der Waals surface area contributed by atoms with E-state index in [0.29, 0.717) is 28.4 Å². The van der Waals surface area contributed by atoms with Crippen LogP contribution in [0.2, 0.25) is 0 Å². The Morgan fingerprint density at radius 1 is 0.895 bits per heavy atom. The van der Waals surface area contributed by atoms with Crippen molar-refractivity contribution in [2.75, 3.05) is 33.3 Å². The fraction of sp³-hybridized carbons (Fsp3) is 0.207. The summed E-state index contributed by atoms with van der Waals surface area (Å²) in [5, 5.41) is 7.68. The number of carbonyl (C=O) groups excluding carboxylic acids is 2. The number of carbonyl (C=O) groups is 2. The lowest BCUT2D eigenvalue weighted by Crippen LogP contribution is -2.16. The number of ether oxygens (including phenoxy) is 4. The topological polar surface area (TPSA) is 101 Å². The lowest BCUT2D eigenvalue weighted by atomic mass is 10.0. The van der Waals surface area contributed by atoms with Gasteiger partial charge in [0.15, 0.2) is 11.5 Å². The van der Waals surface area contributed by atoms with Crippen molar-refractivity contribution >= 4 is 17.6 Å². The number of nitrogens with zero attached hydrogens (tertiary/aromatic N) is 2. The van der Waals surface area contributed by atoms with Gasteiger partial charge in [0.2, 0.25) is 11.8 Å². The first-order chi connectivity index (χ1) is 18.3. The number of amides is 1. The van der Waals surface area contributed by atoms with Gasteiger partial charge in [0, 0.05) is 25.3 Å². The molecule has 0 bridgehead atoms. The van der Waals surface area contributed by atoms with E-state index < -0.39 is 5.97 Å². The van der Waals surface area contributed by atoms with Crippen LogP contribution in [0.15, 0.2) is 66.7 Å². The molecule has 3 aromatic carbocycles. The molecular formula is C29H29N3O6. The van der Waals surface area contributed by atoms with Crippen LogP contribution in [0.3, 0.4) is 0 Å². The van der Waals surface area contributed by atoms with Gasteiger partial charge in [0.05, 0.1) is 25.5 Å². The summed E-state index contributed by atoms with van der Waals surface area (Å²) < 4.78 is 23.2. The zero-order chi connectivity index (χ0) is 27.2. The largest absolute Gasteiger partial charge is 0.493 e. The maximum absolute atomic E-state index is 12.3. The Balaban J connectivity index is 1.94. The Morgan fingerprint density at radius 2 is 1.61 bits per heavy atom. The molecule has 0 saturated heterocycles. The standard InChI is InChI=1S/C29H29N3O6/c1-18-7-6-8-23(15-18)32-29(38-19(2)33)27(20-9-12-22(13-10-20)30-26(34)17-35-3)28(31-32)21-11-14-24(36-4)25(16-21)37-5/h6-16H,17H2,1-5H3,(H,30,34). The van der Waals surface area contributed by atoms with E-state index in [-0.39, 0.29) is 18.4 Å². The summed E-state index contributed by atoms with van der Waals surface area (Å²) in [7, 11) is 4.59. The van der Waals surface area contributed by atoms with Gasteiger partial charge in [-0.25, -0.2) is 0 Å². The molecule has 9 nitrogen and oxygen atoms in total. The van der Waals surface area contributed by atoms with Crippen LogP contribution >= 0.6 is 0 Å². The monoisotopic (exact) mass is 515 g/mol. The minimum absolute atomic E-state index is 0.0505. The van der Waals surface area contributed by atoms with E-state index in [4.69, 9.17) is 24.0 Å². The second-order valence-corrected chi connectivity index (χ2v) is 8.50. The summed E-state index contributed by atoms with van der Waals surface area (Å²) >= 11 is 0. The van der Waals surface area contributed by atoms with Gasteiger partial charge in [-0.05, 0) is 60.5 Å². The Morgan fingerprint density at radius 3 is 2.24 bits per heavy atom. The summed E-state index contributed by atoms with van der Waals surface area (Å²) in [6.45, 7) is 3.28. The third-order valence-corrected chi connectivity index (χ3v) is 5.72. The molecule has 1 amide bonds. The first kappa shape index (κ1) is 26.4. The van der Waals surface area contributed by atoms with Crippen molar-refractivity contribution in [2.45, 2.75) is 13.8 Å². The smallest absolute Gasteiger partial charge is 0.309 e. The second kappa shape index (κ2) is 11.6. The van der Waals surface area contributed by atoms with Crippen LogP contribution in [-0.4, -0.2) is 49.6 Å². The highest BCUT2D eigenvalue weighted by Gasteiger charge is 2.25. The third-order valence-electron chi connectivity index (χ3n) is 5.72. The van der Waals surface area contributed by atoms with Gasteiger partial charge in [-0.2, -0.15) is 9.78 Å². The number of hydrogen-bond donors (Lipinski definition) is 1. The molecule has 0 unspecified atom stereocenters. The fourth-order valence-corrected chi connectivity index (χ4v) is 4.06. The Hall–Kier alpha value is -4.63. The van der Waals surface area contributed by atoms with Gasteiger partial charge >= 0.3 is 5.97 Å². The van der Waals surface area contributed by atoms with E-state index in [0.717, 1.165) is 22.4 Å². The molecule has 4 aromatic rings. The summed E-state index contributed by atoms with van der Waals surface area (Å²) in [4.78, 5) is 24.2. The van der Waals surface area contributed by atoms with E-state index in [1.807, 2.05) is 55.5 Å². The molecule has 0 spiro atoms. The van der Waals surface area contributed by atoms with Crippen molar-refractivity contribution in [3.8, 4) is 45.5 Å². The molecule has 0 saturated carbocycles. The Labute approximate surface area is 220 Å². The van der Waals surface area contributed by atoms with Gasteiger partial charge in [-0.1, -0.05) is 24.3 Å². The van der Waals surface area contributed by atoms with Gasteiger partial charge in [-0.15, -0.1) is 0 Å². The average Bonchev–Trinajstić information content (AvgIpc) is 3.27. The number of aromatic nitrogens is 2. The van der Waals surface area contributed by atoms with Gasteiger partial charge in [0.25, 0.3) is 0 Å². The van der Waals surface area contributed by atoms with Crippen molar-refractivity contribution in [2.24, 2.45) is 0 Å². The van der Waals surface area contributed by atoms with E-state index >= 15 is 0 Å². The minimum Gasteiger partial charge on any atom is -0.493 e. The van der Waals surface area contributed by atoms with Crippen molar-refractivity contribution in [1.29, 1.82) is 0 Å². The zero-order valence-electron chi connectivity index (χ0n) is 21.9. The molecule has 9 heteroatoms. The molecule has 1 N–H and O–H groups in total. The van der Waals surface area contributed by atoms with E-state index in [9.17, 15) is 9.59 Å². The molecule has 0 radical (unpaired) electrons. The van der Waals surface area contributed by atoms with Crippen LogP contribution in [0.1, 0.15) is 12.5 Å². The molecular weight excluding hydrogens is 486 g/mol. The predicted molar refractivity (Wildman–Crippen MR) is 144 cm³/mol. The lowest BCUT2D eigenvalue weighted by molar-refractivity contribution is -0.132. The number of anilines is 1. The van der Waals surface area contributed by atoms with Gasteiger partial charge in [-0.3, -0.25) is 9.59 Å². The molecule has 1 aromatic heterocycles. The fourth-order valence-electron chi connectivity index (χ4n) is 4.06. The van der Waals surface area contributed by atoms with Crippen LogP contribution in [-0.2, 0) is 14.3 Å². The number of methoxy groups -OCH3 is 3. The summed E-state index contributed by atoms with van der Waals surface area (Å²) in [6.07, 6.45) is 0. The van der Waals surface area contributed by atoms with Crippen LogP contribution in [0.5, 0.6) is 17.4 Å². The SMILES string of the molecule is COCC(=O)Nc1ccc(-c2c(-c3ccc(OC)c(OC)c3)nn(-c3cccc(C)c3)c2OC(C)=O)cc1. The normalized spacial score (nSPS) is 10.7. The number of esters is 1. The Kier molecular flexibility index (Phi) is 8.08. The number of aryl methyl sites for hydroxylation is 1. The lowest BCUT2D eigenvalue weighted by Gasteiger charge is -2.11. The predicted octanol–water partition coefficient (Wildman–Crippen LogP) is 5.04. The summed E-state index contributed by atoms with van der Waals surface area (Å²) in [6, 6.07) is 20.4. The highest BCUT2D eigenvalue weighted by atomic mass is 16.5. The summed E-state index contributed by atoms with van der Waals surface area (Å²) in [5.41, 5.74) is 4.99. The number of nitrogens with one attached hydrogen (secondary N) is 1. The highest BCUT2D eigenvalue weighted by Crippen LogP contribution is 2.43. The van der Waals surface area contributed by atoms with E-state index in [1.54, 1.807) is 37.1 Å². The molecule has 0 aliphatic rings. The molecule has 0 atom stereocenters. The maximum Gasteiger partial charge on any atom is 0.309 e. The average molecular weight is 516 g/mol. The first-order valence-corrected chi connectivity index (χ1v) is 11.8. The first-order valence-electron chi connectivity index (χ1n) is 11.8. The molecule has 38 heavy (non-hydrogen) atoms. The number of hydrogen-bond acceptors (Lipinski definition) is 7. The van der Waals surface area contributed by atoms with Crippen molar-refractivity contribution in [3.63, 3.8) is 0 Å². The van der Waals surface area contributed by atoms with Crippen LogP contribution < -0.4 is 19.5 Å². The minimum atomic E-state index is -0.484. The number of benzene rings is 3. The second-order valence-electron chi connectivity index (χ2n) is 8.50. The van der Waals surface area contributed by atoms with Crippen LogP contribution in [0, 0.1) is 6.92 Å². The van der Waals surface area contributed by atoms with Crippen molar-refractivity contribution in [3.05, 3.63) is 72.3 Å². The van der Waals surface area contributed by atoms with Crippen LogP contribution in [0.25, 0.3) is 28.1 Å². The zero-order valence-corrected chi connectivity index (χ0v) is 21.9. The van der Waals surface area contributed by atoms with E-state index in [1.165, 1.54) is 14.0 Å². The van der Waals surface area contributed by atoms with Gasteiger partial charge in [0.1, 0.15) is 12.3 Å². The third kappa shape index (κ3) is 5.68. The molecule has 0 fully saturated rings. The van der Waals surface area contributed by atoms with E-state index in [2.05, 4.69) is 5.32 Å². The highest BCUT2D eigenvalue weighted by molar-refractivity contribution is 5.93. The molecule has 1 heterocycles. The van der Waals surface area contributed by atoms with Crippen molar-refractivity contribution in [1.82, 2.24) is 9.78 Å². The maximum atomic E-state index is 12.3. The molecule has 0 aliphatic carbocycles. The molecule has 196 valence electrons. The Bertz CT molecular complexity index is 1460. The molecule has 0 aliphatic heterocycles. The van der Waals surface area contributed by atoms with Gasteiger partial charge < -0.3 is 24.3 Å². The quantitative estimate of drug-likeness (QED) is 0.312. The van der Waals surface area contributed by atoms with Crippen molar-refractivity contribution < 1.29 is 28.5 Å². The summed E-state index contributed by atoms with van der Waals surface area (Å²) in [5.74, 6) is 0.629.